The highest BCUT2D eigenvalue weighted by atomic mass is 19.1. The van der Waals surface area contributed by atoms with Gasteiger partial charge in [-0.15, -0.1) is 4.91 Å². The maximum Gasteiger partial charge on any atom is 0.134 e. The minimum atomic E-state index is -0.387. The van der Waals surface area contributed by atoms with Crippen molar-refractivity contribution in [1.29, 1.82) is 0 Å². The number of nitrogens with one attached hydrogen (secondary N) is 1. The number of piperidine rings is 1. The van der Waals surface area contributed by atoms with Crippen molar-refractivity contribution >= 4 is 11.4 Å². The zero-order valence-corrected chi connectivity index (χ0v) is 15.1. The van der Waals surface area contributed by atoms with E-state index in [1.54, 1.807) is 13.0 Å². The Hall–Kier alpha value is -1.53. The normalized spacial score (nSPS) is 25.7. The van der Waals surface area contributed by atoms with Crippen molar-refractivity contribution in [3.05, 3.63) is 28.4 Å². The lowest BCUT2D eigenvalue weighted by Crippen LogP contribution is -2.46. The number of hydrogen-bond acceptors (Lipinski definition) is 5. The third-order valence-electron chi connectivity index (χ3n) is 5.76. The summed E-state index contributed by atoms with van der Waals surface area (Å²) in [5.41, 5.74) is 1.33. The fourth-order valence-electron chi connectivity index (χ4n) is 4.14. The van der Waals surface area contributed by atoms with Crippen molar-refractivity contribution in [2.45, 2.75) is 63.6 Å². The van der Waals surface area contributed by atoms with Crippen LogP contribution >= 0.6 is 0 Å². The van der Waals surface area contributed by atoms with E-state index in [2.05, 4.69) is 15.4 Å². The molecule has 1 aliphatic heterocycles. The number of nitrogens with zero attached hydrogens (tertiary/aromatic N) is 2. The number of methoxy groups -OCH3 is 1. The van der Waals surface area contributed by atoms with Gasteiger partial charge in [-0.05, 0) is 62.3 Å². The van der Waals surface area contributed by atoms with Gasteiger partial charge >= 0.3 is 0 Å². The maximum atomic E-state index is 13.6. The van der Waals surface area contributed by atoms with Gasteiger partial charge in [0.15, 0.2) is 0 Å². The summed E-state index contributed by atoms with van der Waals surface area (Å²) in [6.07, 6.45) is 7.23. The summed E-state index contributed by atoms with van der Waals surface area (Å²) in [5, 5.41) is 6.37. The predicted molar refractivity (Wildman–Crippen MR) is 97.9 cm³/mol. The Labute approximate surface area is 148 Å². The predicted octanol–water partition coefficient (Wildman–Crippen LogP) is 4.37. The Bertz CT molecular complexity index is 595. The molecule has 2 fully saturated rings. The minimum absolute atomic E-state index is 0.156. The van der Waals surface area contributed by atoms with Crippen LogP contribution in [0.15, 0.2) is 17.3 Å². The van der Waals surface area contributed by atoms with Gasteiger partial charge in [0.05, 0.1) is 11.8 Å². The average molecular weight is 349 g/mol. The van der Waals surface area contributed by atoms with Crippen molar-refractivity contribution in [3.63, 3.8) is 0 Å². The van der Waals surface area contributed by atoms with Gasteiger partial charge in [-0.1, -0.05) is 0 Å². The van der Waals surface area contributed by atoms with Crippen LogP contribution in [-0.4, -0.2) is 43.3 Å². The monoisotopic (exact) mass is 349 g/mol. The van der Waals surface area contributed by atoms with Crippen molar-refractivity contribution in [3.8, 4) is 0 Å². The molecule has 0 unspecified atom stereocenters. The minimum Gasteiger partial charge on any atom is -0.381 e. The Morgan fingerprint density at radius 1 is 1.16 bits per heavy atom. The molecule has 5 nitrogen and oxygen atoms in total. The molecule has 0 radical (unpaired) electrons. The molecule has 1 N–H and O–H groups in total. The third-order valence-corrected chi connectivity index (χ3v) is 5.76. The van der Waals surface area contributed by atoms with Gasteiger partial charge < -0.3 is 15.0 Å². The number of likely N-dealkylation sites (tertiary alicyclic amines) is 1. The van der Waals surface area contributed by atoms with E-state index in [1.807, 2.05) is 7.11 Å². The van der Waals surface area contributed by atoms with Crippen molar-refractivity contribution in [1.82, 2.24) is 4.90 Å². The Morgan fingerprint density at radius 2 is 1.84 bits per heavy atom. The van der Waals surface area contributed by atoms with E-state index in [0.717, 1.165) is 38.8 Å². The lowest BCUT2D eigenvalue weighted by molar-refractivity contribution is 0.0329. The summed E-state index contributed by atoms with van der Waals surface area (Å²) >= 11 is 0. The first-order valence-electron chi connectivity index (χ1n) is 9.27. The van der Waals surface area contributed by atoms with Crippen LogP contribution in [0.3, 0.4) is 0 Å². The molecule has 0 bridgehead atoms. The number of hydrogen-bond donors (Lipinski definition) is 1. The number of anilines is 1. The molecule has 6 heteroatoms. The highest BCUT2D eigenvalue weighted by Crippen LogP contribution is 2.31. The topological polar surface area (TPSA) is 53.9 Å². The number of benzene rings is 1. The second kappa shape index (κ2) is 8.23. The molecule has 1 saturated carbocycles. The van der Waals surface area contributed by atoms with E-state index in [1.165, 1.54) is 18.9 Å². The first-order chi connectivity index (χ1) is 12.1. The van der Waals surface area contributed by atoms with E-state index in [4.69, 9.17) is 4.74 Å². The molecule has 2 aliphatic rings. The highest BCUT2D eigenvalue weighted by molar-refractivity contribution is 5.67. The number of halogens is 1. The van der Waals surface area contributed by atoms with Gasteiger partial charge in [0.2, 0.25) is 0 Å². The lowest BCUT2D eigenvalue weighted by Gasteiger charge is -2.41. The summed E-state index contributed by atoms with van der Waals surface area (Å²) in [5.74, 6) is -0.387. The molecule has 0 spiro atoms. The Morgan fingerprint density at radius 3 is 2.44 bits per heavy atom. The lowest BCUT2D eigenvalue weighted by atomic mass is 9.90. The molecule has 25 heavy (non-hydrogen) atoms. The molecule has 1 heterocycles. The van der Waals surface area contributed by atoms with Crippen LogP contribution in [0.2, 0.25) is 0 Å². The van der Waals surface area contributed by atoms with Crippen LogP contribution in [0.5, 0.6) is 0 Å². The molecule has 1 aromatic carbocycles. The third kappa shape index (κ3) is 4.36. The van der Waals surface area contributed by atoms with Crippen molar-refractivity contribution in [2.24, 2.45) is 5.18 Å². The van der Waals surface area contributed by atoms with Gasteiger partial charge in [-0.2, -0.15) is 0 Å². The fourth-order valence-corrected chi connectivity index (χ4v) is 4.14. The standard InChI is InChI=1S/C19H28FN3O2/c1-13-11-18(19(22-24)12-17(13)20)21-14-7-9-23(10-8-14)15-3-5-16(25-2)6-4-15/h11-12,14-16,21H,3-10H2,1-2H3. The van der Waals surface area contributed by atoms with Gasteiger partial charge in [-0.3, -0.25) is 0 Å². The smallest absolute Gasteiger partial charge is 0.134 e. The summed E-state index contributed by atoms with van der Waals surface area (Å²) < 4.78 is 19.1. The quantitative estimate of drug-likeness (QED) is 0.802. The number of aryl methyl sites for hydroxylation is 1. The first kappa shape index (κ1) is 18.3. The molecule has 0 aromatic heterocycles. The summed E-state index contributed by atoms with van der Waals surface area (Å²) in [7, 11) is 1.81. The molecule has 1 saturated heterocycles. The molecule has 1 aromatic rings. The zero-order valence-electron chi connectivity index (χ0n) is 15.1. The number of rotatable bonds is 5. The molecular formula is C19H28FN3O2. The summed E-state index contributed by atoms with van der Waals surface area (Å²) in [6, 6.07) is 3.88. The highest BCUT2D eigenvalue weighted by Gasteiger charge is 2.29. The fraction of sp³-hybridized carbons (Fsp3) is 0.684. The first-order valence-corrected chi connectivity index (χ1v) is 9.27. The molecule has 3 rings (SSSR count). The summed E-state index contributed by atoms with van der Waals surface area (Å²) in [4.78, 5) is 13.6. The van der Waals surface area contributed by atoms with Gasteiger partial charge in [0.25, 0.3) is 0 Å². The van der Waals surface area contributed by atoms with Crippen LogP contribution < -0.4 is 5.32 Å². The Kier molecular flexibility index (Phi) is 6.02. The number of ether oxygens (including phenoxy) is 1. The van der Waals surface area contributed by atoms with Crippen molar-refractivity contribution < 1.29 is 9.13 Å². The van der Waals surface area contributed by atoms with E-state index in [9.17, 15) is 9.30 Å². The number of nitroso groups, excluding NO2 is 1. The van der Waals surface area contributed by atoms with Crippen LogP contribution in [0.4, 0.5) is 15.8 Å². The molecular weight excluding hydrogens is 321 g/mol. The van der Waals surface area contributed by atoms with Crippen LogP contribution in [0, 0.1) is 17.6 Å². The van der Waals surface area contributed by atoms with Crippen LogP contribution in [0.25, 0.3) is 0 Å². The van der Waals surface area contributed by atoms with E-state index in [-0.39, 0.29) is 11.5 Å². The average Bonchev–Trinajstić information content (AvgIpc) is 2.65. The molecule has 0 amide bonds. The van der Waals surface area contributed by atoms with Gasteiger partial charge in [0, 0.05) is 38.3 Å². The van der Waals surface area contributed by atoms with Crippen molar-refractivity contribution in [2.75, 3.05) is 25.5 Å². The van der Waals surface area contributed by atoms with Crippen LogP contribution in [-0.2, 0) is 4.74 Å². The summed E-state index contributed by atoms with van der Waals surface area (Å²) in [6.45, 7) is 3.82. The van der Waals surface area contributed by atoms with E-state index >= 15 is 0 Å². The maximum absolute atomic E-state index is 13.6. The van der Waals surface area contributed by atoms with Gasteiger partial charge in [0.1, 0.15) is 11.5 Å². The molecule has 0 atom stereocenters. The zero-order chi connectivity index (χ0) is 17.8. The molecule has 1 aliphatic carbocycles. The second-order valence-electron chi connectivity index (χ2n) is 7.33. The SMILES string of the molecule is COC1CCC(N2CCC(Nc3cc(C)c(F)cc3N=O)CC2)CC1. The second-order valence-corrected chi connectivity index (χ2v) is 7.33. The van der Waals surface area contributed by atoms with E-state index in [0.29, 0.717) is 29.4 Å². The van der Waals surface area contributed by atoms with Crippen LogP contribution in [0.1, 0.15) is 44.1 Å². The largest absolute Gasteiger partial charge is 0.381 e. The van der Waals surface area contributed by atoms with E-state index < -0.39 is 0 Å². The van der Waals surface area contributed by atoms with Gasteiger partial charge in [-0.25, -0.2) is 4.39 Å². The molecule has 138 valence electrons. The Balaban J connectivity index is 1.53.